The van der Waals surface area contributed by atoms with Crippen molar-refractivity contribution in [1.82, 2.24) is 0 Å². The minimum Gasteiger partial charge on any atom is -0.330 e. The molecule has 4 N–H and O–H groups in total. The molecule has 132 valence electrons. The first-order valence-corrected chi connectivity index (χ1v) is 12.4. The Labute approximate surface area is 147 Å². The summed E-state index contributed by atoms with van der Waals surface area (Å²) in [5.41, 5.74) is 10.7. The summed E-state index contributed by atoms with van der Waals surface area (Å²) in [5, 5.41) is 0. The van der Waals surface area contributed by atoms with Crippen molar-refractivity contribution in [3.63, 3.8) is 0 Å². The highest BCUT2D eigenvalue weighted by atomic mass is 33.1. The summed E-state index contributed by atoms with van der Waals surface area (Å²) in [5.74, 6) is 2.59. The molecule has 0 aromatic heterocycles. The standard InChI is InChI=1S/C7H17NS.C6H15NS2.C3H8/c1-9-7-5-3-2-4-6-8;1-8-9-6-4-2-3-5-7;1-3-2/h2-8H2,1H3;2-7H2,1H3;3H2,1-2H3. The highest BCUT2D eigenvalue weighted by Crippen LogP contribution is 2.18. The molecule has 5 heteroatoms. The van der Waals surface area contributed by atoms with Gasteiger partial charge in [0.25, 0.3) is 0 Å². The van der Waals surface area contributed by atoms with E-state index in [4.69, 9.17) is 11.5 Å². The Morgan fingerprint density at radius 2 is 1.10 bits per heavy atom. The lowest BCUT2D eigenvalue weighted by Crippen LogP contribution is -1.97. The van der Waals surface area contributed by atoms with E-state index in [0.29, 0.717) is 0 Å². The average Bonchev–Trinajstić information content (AvgIpc) is 2.49. The highest BCUT2D eigenvalue weighted by Gasteiger charge is 1.87. The van der Waals surface area contributed by atoms with E-state index in [1.165, 1.54) is 62.9 Å². The van der Waals surface area contributed by atoms with Crippen molar-refractivity contribution in [2.45, 2.75) is 65.2 Å². The molecule has 0 amide bonds. The van der Waals surface area contributed by atoms with Crippen LogP contribution in [0, 0.1) is 0 Å². The van der Waals surface area contributed by atoms with E-state index in [2.05, 4.69) is 26.4 Å². The van der Waals surface area contributed by atoms with Gasteiger partial charge in [0.05, 0.1) is 0 Å². The fraction of sp³-hybridized carbons (Fsp3) is 1.00. The lowest BCUT2D eigenvalue weighted by molar-refractivity contribution is 0.678. The maximum absolute atomic E-state index is 5.34. The van der Waals surface area contributed by atoms with Crippen LogP contribution in [0.4, 0.5) is 0 Å². The van der Waals surface area contributed by atoms with Crippen LogP contribution >= 0.6 is 33.3 Å². The molecule has 0 spiro atoms. The summed E-state index contributed by atoms with van der Waals surface area (Å²) in [4.78, 5) is 0. The van der Waals surface area contributed by atoms with E-state index < -0.39 is 0 Å². The van der Waals surface area contributed by atoms with Gasteiger partial charge in [0, 0.05) is 5.75 Å². The SMILES string of the molecule is CCC.CSCCCCCCN.CSSCCCCCN. The van der Waals surface area contributed by atoms with Gasteiger partial charge in [0.1, 0.15) is 0 Å². The van der Waals surface area contributed by atoms with Crippen LogP contribution in [-0.4, -0.2) is 37.1 Å². The Morgan fingerprint density at radius 1 is 0.667 bits per heavy atom. The molecule has 21 heavy (non-hydrogen) atoms. The summed E-state index contributed by atoms with van der Waals surface area (Å²) >= 11 is 1.93. The first-order chi connectivity index (χ1) is 10.2. The summed E-state index contributed by atoms with van der Waals surface area (Å²) in [6.45, 7) is 5.96. The number of hydrogen-bond donors (Lipinski definition) is 2. The van der Waals surface area contributed by atoms with Gasteiger partial charge in [0.2, 0.25) is 0 Å². The van der Waals surface area contributed by atoms with Gasteiger partial charge < -0.3 is 11.5 Å². The van der Waals surface area contributed by atoms with Crippen molar-refractivity contribution in [1.29, 1.82) is 0 Å². The van der Waals surface area contributed by atoms with E-state index >= 15 is 0 Å². The molecule has 0 aromatic carbocycles. The highest BCUT2D eigenvalue weighted by molar-refractivity contribution is 8.76. The van der Waals surface area contributed by atoms with Gasteiger partial charge in [-0.05, 0) is 57.0 Å². The number of nitrogens with two attached hydrogens (primary N) is 2. The third kappa shape index (κ3) is 44.9. The Kier molecular flexibility index (Phi) is 41.9. The predicted octanol–water partition coefficient (Wildman–Crippen LogP) is 5.41. The van der Waals surface area contributed by atoms with E-state index in [0.717, 1.165) is 13.1 Å². The smallest absolute Gasteiger partial charge is 0.00368 e. The normalized spacial score (nSPS) is 9.43. The van der Waals surface area contributed by atoms with Crippen LogP contribution in [-0.2, 0) is 0 Å². The van der Waals surface area contributed by atoms with Crippen LogP contribution < -0.4 is 11.5 Å². The molecule has 0 aliphatic rings. The van der Waals surface area contributed by atoms with Crippen molar-refractivity contribution in [2.75, 3.05) is 37.1 Å². The molecule has 0 bridgehead atoms. The Hall–Kier alpha value is 0.970. The Bertz CT molecular complexity index is 113. The second kappa shape index (κ2) is 32.8. The van der Waals surface area contributed by atoms with Crippen LogP contribution in [0.5, 0.6) is 0 Å². The van der Waals surface area contributed by atoms with Gasteiger partial charge in [-0.3, -0.25) is 0 Å². The molecule has 0 aliphatic carbocycles. The number of rotatable bonds is 12. The van der Waals surface area contributed by atoms with Crippen LogP contribution in [0.2, 0.25) is 0 Å². The summed E-state index contributed by atoms with van der Waals surface area (Å²) < 4.78 is 0. The quantitative estimate of drug-likeness (QED) is 0.361. The molecular weight excluding hydrogens is 316 g/mol. The van der Waals surface area contributed by atoms with Crippen LogP contribution in [0.1, 0.15) is 65.2 Å². The van der Waals surface area contributed by atoms with Crippen molar-refractivity contribution >= 4 is 33.3 Å². The average molecular weight is 357 g/mol. The van der Waals surface area contributed by atoms with Gasteiger partial charge in [-0.1, -0.05) is 61.1 Å². The number of unbranched alkanes of at least 4 members (excludes halogenated alkanes) is 5. The molecule has 0 rings (SSSR count). The van der Waals surface area contributed by atoms with Crippen molar-refractivity contribution in [2.24, 2.45) is 11.5 Å². The second-order valence-electron chi connectivity index (χ2n) is 4.74. The molecule has 0 radical (unpaired) electrons. The molecule has 0 aromatic rings. The largest absolute Gasteiger partial charge is 0.330 e. The van der Waals surface area contributed by atoms with Gasteiger partial charge in [-0.25, -0.2) is 0 Å². The molecule has 0 fully saturated rings. The summed E-state index contributed by atoms with van der Waals surface area (Å²) in [7, 11) is 3.78. The van der Waals surface area contributed by atoms with Crippen LogP contribution in [0.3, 0.4) is 0 Å². The minimum atomic E-state index is 0.851. The third-order valence-corrected chi connectivity index (χ3v) is 4.95. The zero-order valence-electron chi connectivity index (χ0n) is 14.9. The van der Waals surface area contributed by atoms with E-state index in [9.17, 15) is 0 Å². The van der Waals surface area contributed by atoms with Gasteiger partial charge >= 0.3 is 0 Å². The van der Waals surface area contributed by atoms with Crippen LogP contribution in [0.25, 0.3) is 0 Å². The van der Waals surface area contributed by atoms with E-state index in [1.807, 2.05) is 33.3 Å². The zero-order chi connectivity index (χ0) is 16.6. The Morgan fingerprint density at radius 3 is 1.52 bits per heavy atom. The first-order valence-electron chi connectivity index (χ1n) is 8.29. The number of thioether (sulfide) groups is 1. The molecule has 0 heterocycles. The molecule has 0 aliphatic heterocycles. The summed E-state index contributed by atoms with van der Waals surface area (Å²) in [6.07, 6.45) is 14.6. The fourth-order valence-electron chi connectivity index (χ4n) is 1.31. The lowest BCUT2D eigenvalue weighted by Gasteiger charge is -1.96. The predicted molar refractivity (Wildman–Crippen MR) is 111 cm³/mol. The van der Waals surface area contributed by atoms with E-state index in [-0.39, 0.29) is 0 Å². The van der Waals surface area contributed by atoms with Gasteiger partial charge in [0.15, 0.2) is 0 Å². The Balaban J connectivity index is -0.000000260. The van der Waals surface area contributed by atoms with Crippen LogP contribution in [0.15, 0.2) is 0 Å². The molecular formula is C16H40N2S3. The molecule has 0 saturated carbocycles. The van der Waals surface area contributed by atoms with Gasteiger partial charge in [-0.2, -0.15) is 11.8 Å². The van der Waals surface area contributed by atoms with Crippen molar-refractivity contribution in [3.05, 3.63) is 0 Å². The molecule has 2 nitrogen and oxygen atoms in total. The lowest BCUT2D eigenvalue weighted by atomic mass is 10.2. The van der Waals surface area contributed by atoms with Crippen molar-refractivity contribution < 1.29 is 0 Å². The monoisotopic (exact) mass is 356 g/mol. The topological polar surface area (TPSA) is 52.0 Å². The maximum Gasteiger partial charge on any atom is 0.00368 e. The first kappa shape index (κ1) is 26.8. The number of hydrogen-bond acceptors (Lipinski definition) is 5. The maximum atomic E-state index is 5.34. The van der Waals surface area contributed by atoms with E-state index in [1.54, 1.807) is 0 Å². The van der Waals surface area contributed by atoms with Gasteiger partial charge in [-0.15, -0.1) is 0 Å². The minimum absolute atomic E-state index is 0.851. The third-order valence-electron chi connectivity index (χ3n) is 2.35. The molecule has 0 atom stereocenters. The molecule has 0 unspecified atom stereocenters. The second-order valence-corrected chi connectivity index (χ2v) is 8.41. The molecule has 0 saturated heterocycles. The zero-order valence-corrected chi connectivity index (χ0v) is 17.3. The summed E-state index contributed by atoms with van der Waals surface area (Å²) in [6, 6.07) is 0. The fourth-order valence-corrected chi connectivity index (χ4v) is 3.14. The van der Waals surface area contributed by atoms with Crippen molar-refractivity contribution in [3.8, 4) is 0 Å².